The molecule has 0 radical (unpaired) electrons. The van der Waals surface area contributed by atoms with E-state index in [9.17, 15) is 4.79 Å². The minimum atomic E-state index is -0.00397. The van der Waals surface area contributed by atoms with Crippen molar-refractivity contribution in [3.8, 4) is 0 Å². The van der Waals surface area contributed by atoms with Crippen LogP contribution < -0.4 is 10.6 Å². The lowest BCUT2D eigenvalue weighted by molar-refractivity contribution is 0.0685. The quantitative estimate of drug-likeness (QED) is 0.860. The Bertz CT molecular complexity index is 496. The molecule has 2 N–H and O–H groups in total. The summed E-state index contributed by atoms with van der Waals surface area (Å²) in [5, 5.41) is 0. The molecule has 2 rings (SSSR count). The smallest absolute Gasteiger partial charge is 0.253 e. The van der Waals surface area contributed by atoms with E-state index in [0.29, 0.717) is 17.2 Å². The van der Waals surface area contributed by atoms with Crippen molar-refractivity contribution in [1.29, 1.82) is 0 Å². The Hall–Kier alpha value is -1.75. The van der Waals surface area contributed by atoms with Gasteiger partial charge in [0.15, 0.2) is 0 Å². The number of hydrogen-bond donors (Lipinski definition) is 1. The Kier molecular flexibility index (Phi) is 5.07. The van der Waals surface area contributed by atoms with E-state index in [4.69, 9.17) is 10.5 Å². The molecule has 0 spiro atoms. The lowest BCUT2D eigenvalue weighted by atomic mass is 9.99. The van der Waals surface area contributed by atoms with Gasteiger partial charge in [-0.3, -0.25) is 4.79 Å². The van der Waals surface area contributed by atoms with Crippen LogP contribution in [0.3, 0.4) is 0 Å². The van der Waals surface area contributed by atoms with Crippen molar-refractivity contribution >= 4 is 17.3 Å². The van der Waals surface area contributed by atoms with E-state index in [0.717, 1.165) is 38.3 Å². The first-order valence-corrected chi connectivity index (χ1v) is 7.39. The number of nitrogens with two attached hydrogens (primary N) is 1. The SMILES string of the molecule is CN(C)C(=O)c1ccc(N)c(N(C)CC2CCOCC2)c1. The third-order valence-corrected chi connectivity index (χ3v) is 3.97. The zero-order valence-electron chi connectivity index (χ0n) is 13.1. The highest BCUT2D eigenvalue weighted by atomic mass is 16.5. The molecule has 1 amide bonds. The molecule has 0 unspecified atom stereocenters. The number of carbonyl (C=O) groups is 1. The number of hydrogen-bond acceptors (Lipinski definition) is 4. The second-order valence-electron chi connectivity index (χ2n) is 5.91. The van der Waals surface area contributed by atoms with E-state index in [-0.39, 0.29) is 5.91 Å². The van der Waals surface area contributed by atoms with Gasteiger partial charge in [0.25, 0.3) is 5.91 Å². The van der Waals surface area contributed by atoms with Crippen molar-refractivity contribution in [1.82, 2.24) is 4.90 Å². The maximum absolute atomic E-state index is 12.1. The van der Waals surface area contributed by atoms with Gasteiger partial charge >= 0.3 is 0 Å². The fourth-order valence-corrected chi connectivity index (χ4v) is 2.68. The molecule has 1 aromatic carbocycles. The Morgan fingerprint density at radius 1 is 1.29 bits per heavy atom. The van der Waals surface area contributed by atoms with E-state index in [1.54, 1.807) is 25.1 Å². The van der Waals surface area contributed by atoms with Crippen LogP contribution in [0.25, 0.3) is 0 Å². The zero-order chi connectivity index (χ0) is 15.4. The second-order valence-corrected chi connectivity index (χ2v) is 5.91. The van der Waals surface area contributed by atoms with Crippen molar-refractivity contribution in [2.24, 2.45) is 5.92 Å². The van der Waals surface area contributed by atoms with Gasteiger partial charge in [-0.25, -0.2) is 0 Å². The fourth-order valence-electron chi connectivity index (χ4n) is 2.68. The van der Waals surface area contributed by atoms with Gasteiger partial charge in [0.05, 0.1) is 11.4 Å². The summed E-state index contributed by atoms with van der Waals surface area (Å²) >= 11 is 0. The summed E-state index contributed by atoms with van der Waals surface area (Å²) in [6.07, 6.45) is 2.17. The Balaban J connectivity index is 2.13. The first-order chi connectivity index (χ1) is 9.99. The average Bonchev–Trinajstić information content (AvgIpc) is 2.47. The number of nitrogen functional groups attached to an aromatic ring is 1. The average molecular weight is 291 g/mol. The summed E-state index contributed by atoms with van der Waals surface area (Å²) in [5.41, 5.74) is 8.38. The van der Waals surface area contributed by atoms with Crippen molar-refractivity contribution < 1.29 is 9.53 Å². The molecule has 1 aromatic rings. The molecule has 116 valence electrons. The predicted octanol–water partition coefficient (Wildman–Crippen LogP) is 1.83. The molecule has 21 heavy (non-hydrogen) atoms. The van der Waals surface area contributed by atoms with Crippen LogP contribution in [0.15, 0.2) is 18.2 Å². The van der Waals surface area contributed by atoms with Gasteiger partial charge in [0, 0.05) is 46.5 Å². The van der Waals surface area contributed by atoms with Gasteiger partial charge in [0.2, 0.25) is 0 Å². The molecular formula is C16H25N3O2. The van der Waals surface area contributed by atoms with E-state index in [1.165, 1.54) is 0 Å². The molecular weight excluding hydrogens is 266 g/mol. The molecule has 5 nitrogen and oxygen atoms in total. The van der Waals surface area contributed by atoms with Crippen molar-refractivity contribution in [2.75, 3.05) is 51.5 Å². The minimum Gasteiger partial charge on any atom is -0.397 e. The number of ether oxygens (including phenoxy) is 1. The van der Waals surface area contributed by atoms with Gasteiger partial charge < -0.3 is 20.3 Å². The maximum atomic E-state index is 12.1. The molecule has 5 heteroatoms. The van der Waals surface area contributed by atoms with Crippen LogP contribution in [0.2, 0.25) is 0 Å². The zero-order valence-corrected chi connectivity index (χ0v) is 13.1. The largest absolute Gasteiger partial charge is 0.397 e. The van der Waals surface area contributed by atoms with Crippen LogP contribution in [0.1, 0.15) is 23.2 Å². The number of rotatable bonds is 4. The molecule has 0 aliphatic carbocycles. The third-order valence-electron chi connectivity index (χ3n) is 3.97. The van der Waals surface area contributed by atoms with Gasteiger partial charge in [-0.15, -0.1) is 0 Å². The van der Waals surface area contributed by atoms with Crippen molar-refractivity contribution in [2.45, 2.75) is 12.8 Å². The maximum Gasteiger partial charge on any atom is 0.253 e. The number of anilines is 2. The molecule has 1 saturated heterocycles. The van der Waals surface area contributed by atoms with Crippen molar-refractivity contribution in [3.63, 3.8) is 0 Å². The number of nitrogens with zero attached hydrogens (tertiary/aromatic N) is 2. The highest BCUT2D eigenvalue weighted by molar-refractivity contribution is 5.96. The number of carbonyl (C=O) groups excluding carboxylic acids is 1. The molecule has 1 fully saturated rings. The molecule has 1 aliphatic rings. The summed E-state index contributed by atoms with van der Waals surface area (Å²) in [5.74, 6) is 0.618. The second kappa shape index (κ2) is 6.80. The van der Waals surface area contributed by atoms with E-state index in [2.05, 4.69) is 4.90 Å². The van der Waals surface area contributed by atoms with Crippen LogP contribution >= 0.6 is 0 Å². The molecule has 1 aliphatic heterocycles. The molecule has 0 atom stereocenters. The normalized spacial score (nSPS) is 15.8. The lowest BCUT2D eigenvalue weighted by Gasteiger charge is -2.29. The van der Waals surface area contributed by atoms with Crippen LogP contribution in [0.5, 0.6) is 0 Å². The molecule has 0 saturated carbocycles. The molecule has 1 heterocycles. The van der Waals surface area contributed by atoms with E-state index < -0.39 is 0 Å². The highest BCUT2D eigenvalue weighted by Gasteiger charge is 2.18. The summed E-state index contributed by atoms with van der Waals surface area (Å²) < 4.78 is 5.39. The third kappa shape index (κ3) is 3.88. The number of benzene rings is 1. The van der Waals surface area contributed by atoms with Crippen LogP contribution in [0.4, 0.5) is 11.4 Å². The van der Waals surface area contributed by atoms with Crippen LogP contribution in [0, 0.1) is 5.92 Å². The molecule has 0 aromatic heterocycles. The summed E-state index contributed by atoms with van der Waals surface area (Å²) in [6.45, 7) is 2.62. The van der Waals surface area contributed by atoms with Crippen molar-refractivity contribution in [3.05, 3.63) is 23.8 Å². The fraction of sp³-hybridized carbons (Fsp3) is 0.562. The van der Waals surface area contributed by atoms with Gasteiger partial charge in [-0.1, -0.05) is 0 Å². The van der Waals surface area contributed by atoms with E-state index >= 15 is 0 Å². The number of amides is 1. The van der Waals surface area contributed by atoms with Crippen LogP contribution in [-0.2, 0) is 4.74 Å². The highest BCUT2D eigenvalue weighted by Crippen LogP contribution is 2.26. The summed E-state index contributed by atoms with van der Waals surface area (Å²) in [6, 6.07) is 5.48. The first-order valence-electron chi connectivity index (χ1n) is 7.39. The Morgan fingerprint density at radius 3 is 2.57 bits per heavy atom. The minimum absolute atomic E-state index is 0.00397. The summed E-state index contributed by atoms with van der Waals surface area (Å²) in [7, 11) is 5.54. The van der Waals surface area contributed by atoms with Gasteiger partial charge in [0.1, 0.15) is 0 Å². The van der Waals surface area contributed by atoms with Gasteiger partial charge in [-0.05, 0) is 37.0 Å². The van der Waals surface area contributed by atoms with Gasteiger partial charge in [-0.2, -0.15) is 0 Å². The predicted molar refractivity (Wildman–Crippen MR) is 85.7 cm³/mol. The first kappa shape index (κ1) is 15.6. The monoisotopic (exact) mass is 291 g/mol. The topological polar surface area (TPSA) is 58.8 Å². The Labute approximate surface area is 126 Å². The lowest BCUT2D eigenvalue weighted by Crippen LogP contribution is -2.30. The Morgan fingerprint density at radius 2 is 1.95 bits per heavy atom. The standard InChI is InChI=1S/C16H25N3O2/c1-18(2)16(20)13-4-5-14(17)15(10-13)19(3)11-12-6-8-21-9-7-12/h4-5,10,12H,6-9,11,17H2,1-3H3. The summed E-state index contributed by atoms with van der Waals surface area (Å²) in [4.78, 5) is 15.8. The van der Waals surface area contributed by atoms with E-state index in [1.807, 2.05) is 19.2 Å². The molecule has 0 bridgehead atoms. The van der Waals surface area contributed by atoms with Crippen LogP contribution in [-0.4, -0.2) is 51.7 Å².